The molecule has 28 heavy (non-hydrogen) atoms. The Morgan fingerprint density at radius 3 is 2.96 bits per heavy atom. The van der Waals surface area contributed by atoms with Crippen LogP contribution in [0.1, 0.15) is 30.9 Å². The molecule has 0 bridgehead atoms. The van der Waals surface area contributed by atoms with Crippen LogP contribution in [0.2, 0.25) is 0 Å². The lowest BCUT2D eigenvalue weighted by Gasteiger charge is -2.12. The van der Waals surface area contributed by atoms with Crippen molar-refractivity contribution in [3.8, 4) is 0 Å². The first-order valence-corrected chi connectivity index (χ1v) is 10.5. The standard InChI is InChI=1S/C22H34N4O2/c1-3-18-6-4-7-20-19(14-26-21(18)20)8-11-25-22(23-2)24-10-5-12-27-15-17-9-13-28-16-17/h4,6-7,14,17,26H,3,5,8-13,15-16H2,1-2H3,(H2,23,24,25). The number of aryl methyl sites for hydroxylation is 1. The van der Waals surface area contributed by atoms with Crippen LogP contribution < -0.4 is 10.6 Å². The van der Waals surface area contributed by atoms with E-state index in [1.54, 1.807) is 0 Å². The molecule has 1 aliphatic rings. The summed E-state index contributed by atoms with van der Waals surface area (Å²) in [7, 11) is 1.81. The molecule has 3 rings (SSSR count). The van der Waals surface area contributed by atoms with Gasteiger partial charge >= 0.3 is 0 Å². The van der Waals surface area contributed by atoms with Crippen LogP contribution in [0.3, 0.4) is 0 Å². The minimum atomic E-state index is 0.584. The van der Waals surface area contributed by atoms with E-state index in [1.165, 1.54) is 22.0 Å². The quantitative estimate of drug-likeness (QED) is 0.334. The van der Waals surface area contributed by atoms with Crippen LogP contribution in [-0.2, 0) is 22.3 Å². The van der Waals surface area contributed by atoms with Gasteiger partial charge in [0.05, 0.1) is 13.2 Å². The van der Waals surface area contributed by atoms with Gasteiger partial charge in [-0.1, -0.05) is 25.1 Å². The third-order valence-electron chi connectivity index (χ3n) is 5.31. The van der Waals surface area contributed by atoms with Gasteiger partial charge in [-0.15, -0.1) is 0 Å². The van der Waals surface area contributed by atoms with E-state index in [1.807, 2.05) is 7.05 Å². The predicted octanol–water partition coefficient (Wildman–Crippen LogP) is 2.88. The van der Waals surface area contributed by atoms with E-state index < -0.39 is 0 Å². The van der Waals surface area contributed by atoms with Crippen LogP contribution in [-0.4, -0.2) is 57.5 Å². The van der Waals surface area contributed by atoms with Crippen molar-refractivity contribution in [3.05, 3.63) is 35.5 Å². The summed E-state index contributed by atoms with van der Waals surface area (Å²) in [6.07, 6.45) is 6.24. The van der Waals surface area contributed by atoms with Gasteiger partial charge in [-0.05, 0) is 36.8 Å². The second kappa shape index (κ2) is 11.1. The van der Waals surface area contributed by atoms with Gasteiger partial charge in [0.15, 0.2) is 5.96 Å². The molecule has 1 aromatic carbocycles. The number of hydrogen-bond donors (Lipinski definition) is 3. The number of aromatic amines is 1. The number of fused-ring (bicyclic) bond motifs is 1. The largest absolute Gasteiger partial charge is 0.381 e. The van der Waals surface area contributed by atoms with E-state index in [2.05, 4.69) is 51.9 Å². The molecule has 2 heterocycles. The molecule has 154 valence electrons. The molecule has 6 heteroatoms. The molecule has 0 spiro atoms. The van der Waals surface area contributed by atoms with Crippen molar-refractivity contribution < 1.29 is 9.47 Å². The summed E-state index contributed by atoms with van der Waals surface area (Å²) in [5.74, 6) is 1.43. The van der Waals surface area contributed by atoms with Crippen molar-refractivity contribution in [1.29, 1.82) is 0 Å². The number of rotatable bonds is 10. The Kier molecular flexibility index (Phi) is 8.18. The van der Waals surface area contributed by atoms with Gasteiger partial charge in [0.25, 0.3) is 0 Å². The van der Waals surface area contributed by atoms with Crippen molar-refractivity contribution in [2.75, 3.05) is 46.6 Å². The van der Waals surface area contributed by atoms with Crippen LogP contribution in [0.5, 0.6) is 0 Å². The number of benzene rings is 1. The molecule has 6 nitrogen and oxygen atoms in total. The molecule has 1 saturated heterocycles. The van der Waals surface area contributed by atoms with Crippen molar-refractivity contribution in [2.45, 2.75) is 32.6 Å². The zero-order valence-corrected chi connectivity index (χ0v) is 17.2. The Hall–Kier alpha value is -2.05. The average Bonchev–Trinajstić information content (AvgIpc) is 3.39. The number of ether oxygens (including phenoxy) is 2. The number of aromatic nitrogens is 1. The SMILES string of the molecule is CCc1cccc2c(CCNC(=NC)NCCCOCC3CCOC3)c[nH]c12. The maximum atomic E-state index is 5.74. The van der Waals surface area contributed by atoms with E-state index in [0.717, 1.165) is 71.2 Å². The van der Waals surface area contributed by atoms with Crippen LogP contribution in [0.15, 0.2) is 29.4 Å². The first-order chi connectivity index (χ1) is 13.8. The Morgan fingerprint density at radius 1 is 1.29 bits per heavy atom. The molecule has 1 unspecified atom stereocenters. The summed E-state index contributed by atoms with van der Waals surface area (Å²) in [6, 6.07) is 6.54. The van der Waals surface area contributed by atoms with Crippen molar-refractivity contribution >= 4 is 16.9 Å². The van der Waals surface area contributed by atoms with Crippen molar-refractivity contribution in [2.24, 2.45) is 10.9 Å². The molecule has 2 aromatic rings. The molecule has 0 amide bonds. The summed E-state index contributed by atoms with van der Waals surface area (Å²) >= 11 is 0. The van der Waals surface area contributed by atoms with Crippen molar-refractivity contribution in [3.63, 3.8) is 0 Å². The highest BCUT2D eigenvalue weighted by molar-refractivity contribution is 5.86. The predicted molar refractivity (Wildman–Crippen MR) is 115 cm³/mol. The number of aliphatic imine (C=N–C) groups is 1. The molecular weight excluding hydrogens is 352 g/mol. The van der Waals surface area contributed by atoms with Crippen LogP contribution in [0, 0.1) is 5.92 Å². The minimum absolute atomic E-state index is 0.584. The van der Waals surface area contributed by atoms with Crippen LogP contribution in [0.25, 0.3) is 10.9 Å². The third kappa shape index (κ3) is 5.72. The van der Waals surface area contributed by atoms with Gasteiger partial charge in [-0.2, -0.15) is 0 Å². The lowest BCUT2D eigenvalue weighted by molar-refractivity contribution is 0.0888. The van der Waals surface area contributed by atoms with Gasteiger partial charge in [-0.25, -0.2) is 0 Å². The van der Waals surface area contributed by atoms with Crippen molar-refractivity contribution in [1.82, 2.24) is 15.6 Å². The number of nitrogens with one attached hydrogen (secondary N) is 3. The maximum absolute atomic E-state index is 5.74. The Labute approximate surface area is 168 Å². The van der Waals surface area contributed by atoms with Gasteiger partial charge < -0.3 is 25.1 Å². The molecule has 0 radical (unpaired) electrons. The van der Waals surface area contributed by atoms with E-state index in [4.69, 9.17) is 9.47 Å². The molecule has 0 aliphatic carbocycles. The summed E-state index contributed by atoms with van der Waals surface area (Å²) in [6.45, 7) is 7.23. The van der Waals surface area contributed by atoms with E-state index in [-0.39, 0.29) is 0 Å². The molecule has 1 fully saturated rings. The second-order valence-electron chi connectivity index (χ2n) is 7.34. The molecular formula is C22H34N4O2. The lowest BCUT2D eigenvalue weighted by atomic mass is 10.1. The zero-order valence-electron chi connectivity index (χ0n) is 17.2. The van der Waals surface area contributed by atoms with Crippen LogP contribution in [0.4, 0.5) is 0 Å². The number of hydrogen-bond acceptors (Lipinski definition) is 3. The number of H-pyrrole nitrogens is 1. The smallest absolute Gasteiger partial charge is 0.190 e. The zero-order chi connectivity index (χ0) is 19.6. The Morgan fingerprint density at radius 2 is 2.18 bits per heavy atom. The number of para-hydroxylation sites is 1. The fraction of sp³-hybridized carbons (Fsp3) is 0.591. The fourth-order valence-corrected chi connectivity index (χ4v) is 3.66. The molecule has 1 atom stereocenters. The molecule has 1 aliphatic heterocycles. The fourth-order valence-electron chi connectivity index (χ4n) is 3.66. The maximum Gasteiger partial charge on any atom is 0.190 e. The number of guanidine groups is 1. The third-order valence-corrected chi connectivity index (χ3v) is 5.31. The topological polar surface area (TPSA) is 70.7 Å². The number of nitrogens with zero attached hydrogens (tertiary/aromatic N) is 1. The normalized spacial score (nSPS) is 17.4. The highest BCUT2D eigenvalue weighted by atomic mass is 16.5. The van der Waals surface area contributed by atoms with E-state index in [0.29, 0.717) is 5.92 Å². The summed E-state index contributed by atoms with van der Waals surface area (Å²) < 4.78 is 11.1. The lowest BCUT2D eigenvalue weighted by Crippen LogP contribution is -2.39. The van der Waals surface area contributed by atoms with Crippen LogP contribution >= 0.6 is 0 Å². The second-order valence-corrected chi connectivity index (χ2v) is 7.34. The van der Waals surface area contributed by atoms with E-state index in [9.17, 15) is 0 Å². The Bertz CT molecular complexity index is 750. The monoisotopic (exact) mass is 386 g/mol. The minimum Gasteiger partial charge on any atom is -0.381 e. The average molecular weight is 387 g/mol. The first-order valence-electron chi connectivity index (χ1n) is 10.5. The first kappa shape index (κ1) is 20.7. The highest BCUT2D eigenvalue weighted by Gasteiger charge is 2.15. The van der Waals surface area contributed by atoms with Gasteiger partial charge in [0, 0.05) is 56.4 Å². The summed E-state index contributed by atoms with van der Waals surface area (Å²) in [5.41, 5.74) is 3.99. The Balaban J connectivity index is 1.33. The van der Waals surface area contributed by atoms with Gasteiger partial charge in [0.2, 0.25) is 0 Å². The molecule has 3 N–H and O–H groups in total. The summed E-state index contributed by atoms with van der Waals surface area (Å²) in [5, 5.41) is 8.09. The van der Waals surface area contributed by atoms with Gasteiger partial charge in [-0.3, -0.25) is 4.99 Å². The summed E-state index contributed by atoms with van der Waals surface area (Å²) in [4.78, 5) is 7.75. The van der Waals surface area contributed by atoms with E-state index >= 15 is 0 Å². The van der Waals surface area contributed by atoms with Gasteiger partial charge in [0.1, 0.15) is 0 Å². The molecule has 1 aromatic heterocycles. The highest BCUT2D eigenvalue weighted by Crippen LogP contribution is 2.22. The molecule has 0 saturated carbocycles.